The quantitative estimate of drug-likeness (QED) is 0.277. The maximum Gasteiger partial charge on any atom is 0.397 e. The molecule has 3 aliphatic heterocycles. The van der Waals surface area contributed by atoms with E-state index in [-0.39, 0.29) is 30.1 Å². The van der Waals surface area contributed by atoms with Gasteiger partial charge in [-0.25, -0.2) is 14.0 Å². The summed E-state index contributed by atoms with van der Waals surface area (Å²) in [6.07, 6.45) is -1.36. The van der Waals surface area contributed by atoms with Crippen molar-refractivity contribution in [3.8, 4) is 0 Å². The number of aliphatic hydroxyl groups excluding tert-OH is 1. The zero-order valence-electron chi connectivity index (χ0n) is 14.9. The number of aromatic amines is 2. The van der Waals surface area contributed by atoms with E-state index in [1.165, 1.54) is 0 Å². The van der Waals surface area contributed by atoms with Crippen molar-refractivity contribution in [1.82, 2.24) is 20.2 Å². The van der Waals surface area contributed by atoms with Crippen molar-refractivity contribution >= 4 is 16.4 Å². The number of fused-ring (bicyclic) bond motifs is 4. The molecule has 3 aliphatic rings. The minimum Gasteiger partial charge on any atom is -0.385 e. The zero-order chi connectivity index (χ0) is 20.2. The summed E-state index contributed by atoms with van der Waals surface area (Å²) in [7, 11) is -4.60. The Morgan fingerprint density at radius 2 is 2.07 bits per heavy atom. The van der Waals surface area contributed by atoms with Crippen LogP contribution < -0.4 is 16.6 Å². The third-order valence-electron chi connectivity index (χ3n) is 5.49. The number of aliphatic hydroxyl groups is 1. The number of aliphatic imine (C=N–C) groups is 1. The van der Waals surface area contributed by atoms with Crippen molar-refractivity contribution in [3.05, 3.63) is 32.6 Å². The number of rotatable bonds is 4. The lowest BCUT2D eigenvalue weighted by Crippen LogP contribution is -2.52. The predicted octanol–water partition coefficient (Wildman–Crippen LogP) is -1.90. The third kappa shape index (κ3) is 3.83. The predicted molar refractivity (Wildman–Crippen MR) is 96.1 cm³/mol. The van der Waals surface area contributed by atoms with Crippen molar-refractivity contribution in [1.29, 1.82) is 0 Å². The molecular weight excluding hydrogens is 394 g/mol. The van der Waals surface area contributed by atoms with Crippen LogP contribution in [0.15, 0.2) is 20.6 Å². The van der Waals surface area contributed by atoms with E-state index in [0.29, 0.717) is 18.9 Å². The average Bonchev–Trinajstić information content (AvgIpc) is 3.37. The van der Waals surface area contributed by atoms with Gasteiger partial charge in [-0.1, -0.05) is 6.92 Å². The van der Waals surface area contributed by atoms with Gasteiger partial charge in [0.2, 0.25) is 0 Å². The van der Waals surface area contributed by atoms with Crippen molar-refractivity contribution in [2.24, 2.45) is 10.9 Å². The van der Waals surface area contributed by atoms with E-state index in [2.05, 4.69) is 15.3 Å². The largest absolute Gasteiger partial charge is 0.397 e. The molecule has 0 saturated carbocycles. The molecule has 0 unspecified atom stereocenters. The highest BCUT2D eigenvalue weighted by Crippen LogP contribution is 2.37. The Kier molecular flexibility index (Phi) is 4.56. The first-order valence-electron chi connectivity index (χ1n) is 8.89. The van der Waals surface area contributed by atoms with E-state index < -0.39 is 39.9 Å². The van der Waals surface area contributed by atoms with Crippen LogP contribution in [0.1, 0.15) is 31.6 Å². The Labute approximate surface area is 159 Å². The van der Waals surface area contributed by atoms with Crippen LogP contribution in [0.3, 0.4) is 0 Å². The van der Waals surface area contributed by atoms with Crippen LogP contribution in [0.4, 0.5) is 0 Å². The fourth-order valence-corrected chi connectivity index (χ4v) is 4.59. The van der Waals surface area contributed by atoms with E-state index >= 15 is 0 Å². The fraction of sp³-hybridized carbons (Fsp3) is 0.667. The van der Waals surface area contributed by atoms with Gasteiger partial charge in [0, 0.05) is 24.6 Å². The lowest BCUT2D eigenvalue weighted by atomic mass is 9.89. The highest BCUT2D eigenvalue weighted by molar-refractivity contribution is 7.80. The topological polar surface area (TPSA) is 177 Å². The molecule has 154 valence electrons. The maximum atomic E-state index is 11.5. The first-order valence-corrected chi connectivity index (χ1v) is 10.3. The molecule has 4 rings (SSSR count). The van der Waals surface area contributed by atoms with Gasteiger partial charge in [-0.15, -0.1) is 0 Å². The van der Waals surface area contributed by atoms with Gasteiger partial charge in [-0.3, -0.25) is 14.3 Å². The molecule has 5 N–H and O–H groups in total. The van der Waals surface area contributed by atoms with E-state index in [1.807, 2.05) is 16.8 Å². The molecule has 4 heterocycles. The van der Waals surface area contributed by atoms with Gasteiger partial charge in [-0.05, 0) is 12.8 Å². The number of aromatic nitrogens is 2. The summed E-state index contributed by atoms with van der Waals surface area (Å²) in [4.78, 5) is 33.9. The highest BCUT2D eigenvalue weighted by atomic mass is 32.3. The molecule has 28 heavy (non-hydrogen) atoms. The molecule has 0 radical (unpaired) electrons. The van der Waals surface area contributed by atoms with Crippen molar-refractivity contribution < 1.29 is 22.3 Å². The fourth-order valence-electron chi connectivity index (χ4n) is 4.02. The first-order chi connectivity index (χ1) is 13.1. The van der Waals surface area contributed by atoms with E-state index in [0.717, 1.165) is 6.07 Å². The van der Waals surface area contributed by atoms with Crippen LogP contribution in [0, 0.1) is 5.92 Å². The number of nitrogens with zero attached hydrogens (tertiary/aromatic N) is 2. The molecule has 1 aromatic heterocycles. The molecule has 2 bridgehead atoms. The minimum absolute atomic E-state index is 0.00535. The number of guanidine groups is 1. The monoisotopic (exact) mass is 415 g/mol. The van der Waals surface area contributed by atoms with Gasteiger partial charge in [0.05, 0.1) is 23.9 Å². The van der Waals surface area contributed by atoms with Crippen molar-refractivity contribution in [2.75, 3.05) is 6.54 Å². The summed E-state index contributed by atoms with van der Waals surface area (Å²) in [5.74, 6) is 0.428. The molecule has 0 aliphatic carbocycles. The van der Waals surface area contributed by atoms with E-state index in [9.17, 15) is 23.1 Å². The van der Waals surface area contributed by atoms with Crippen LogP contribution in [-0.4, -0.2) is 69.7 Å². The average molecular weight is 415 g/mol. The summed E-state index contributed by atoms with van der Waals surface area (Å²) in [6.45, 7) is 2.49. The summed E-state index contributed by atoms with van der Waals surface area (Å²) in [5, 5.41) is 13.9. The SMILES string of the molecule is C[C@H]1[C@@H](OS(=O)(=O)O)C[C@@H]2C[C@H]([C@@H](O)c3cc(=O)[nH]c(=O)[nH]3)N=C(N2)N2C[C@H]12. The molecular formula is C15H21N5O7S. The zero-order valence-corrected chi connectivity index (χ0v) is 15.7. The summed E-state index contributed by atoms with van der Waals surface area (Å²) in [6, 6.07) is 0.169. The molecule has 6 atom stereocenters. The summed E-state index contributed by atoms with van der Waals surface area (Å²) >= 11 is 0. The molecule has 13 heteroatoms. The summed E-state index contributed by atoms with van der Waals surface area (Å²) in [5.41, 5.74) is -1.30. The van der Waals surface area contributed by atoms with Gasteiger partial charge in [-0.2, -0.15) is 8.42 Å². The number of nitrogens with one attached hydrogen (secondary N) is 3. The van der Waals surface area contributed by atoms with Gasteiger partial charge in [0.25, 0.3) is 5.56 Å². The first kappa shape index (κ1) is 19.1. The smallest absolute Gasteiger partial charge is 0.385 e. The molecule has 1 aromatic rings. The Balaban J connectivity index is 1.61. The van der Waals surface area contributed by atoms with Crippen LogP contribution in [0.5, 0.6) is 0 Å². The molecule has 0 amide bonds. The molecule has 0 spiro atoms. The number of hydrogen-bond acceptors (Lipinski definition) is 9. The van der Waals surface area contributed by atoms with E-state index in [4.69, 9.17) is 8.74 Å². The Morgan fingerprint density at radius 3 is 2.75 bits per heavy atom. The lowest BCUT2D eigenvalue weighted by Gasteiger charge is -2.37. The molecule has 12 nitrogen and oxygen atoms in total. The molecule has 2 saturated heterocycles. The van der Waals surface area contributed by atoms with Gasteiger partial charge >= 0.3 is 16.1 Å². The van der Waals surface area contributed by atoms with E-state index in [1.54, 1.807) is 0 Å². The highest BCUT2D eigenvalue weighted by Gasteiger charge is 2.49. The maximum absolute atomic E-state index is 11.5. The van der Waals surface area contributed by atoms with Gasteiger partial charge in [0.15, 0.2) is 5.96 Å². The number of H-pyrrole nitrogens is 2. The Bertz CT molecular complexity index is 990. The van der Waals surface area contributed by atoms with Crippen molar-refractivity contribution in [2.45, 2.75) is 50.1 Å². The minimum atomic E-state index is -4.60. The standard InChI is InChI=1S/C15H21N5O7S/c1-6-10-5-20(10)14-16-7(3-11(6)27-28(24,25)26)2-8(17-14)13(22)9-4-12(21)19-15(23)18-9/h4,6-8,10-11,13,22H,2-3,5H2,1H3,(H,16,17)(H,24,25,26)(H2,18,19,21,23)/t6-,7+,8-,10-,11+,13-,20?/m1/s1. The Morgan fingerprint density at radius 1 is 1.32 bits per heavy atom. The van der Waals surface area contributed by atoms with Crippen LogP contribution >= 0.6 is 0 Å². The Hall–Kier alpha value is -2.22. The van der Waals surface area contributed by atoms with Gasteiger partial charge in [0.1, 0.15) is 6.10 Å². The second kappa shape index (κ2) is 6.69. The van der Waals surface area contributed by atoms with Crippen LogP contribution in [0.25, 0.3) is 0 Å². The summed E-state index contributed by atoms with van der Waals surface area (Å²) < 4.78 is 36.4. The molecule has 0 aromatic carbocycles. The third-order valence-corrected chi connectivity index (χ3v) is 5.98. The second-order valence-electron chi connectivity index (χ2n) is 7.46. The second-order valence-corrected chi connectivity index (χ2v) is 8.51. The molecule has 2 fully saturated rings. The normalized spacial score (nSPS) is 33.0. The van der Waals surface area contributed by atoms with Crippen molar-refractivity contribution in [3.63, 3.8) is 0 Å². The van der Waals surface area contributed by atoms with Crippen LogP contribution in [0.2, 0.25) is 0 Å². The number of hydrogen-bond donors (Lipinski definition) is 5. The van der Waals surface area contributed by atoms with Gasteiger partial charge < -0.3 is 20.3 Å². The lowest BCUT2D eigenvalue weighted by molar-refractivity contribution is 0.0872. The van der Waals surface area contributed by atoms with Crippen LogP contribution in [-0.2, 0) is 14.6 Å².